The molecular weight excluding hydrogens is 253 g/mol. The van der Waals surface area contributed by atoms with E-state index >= 15 is 0 Å². The second kappa shape index (κ2) is 4.82. The Morgan fingerprint density at radius 1 is 0.905 bits per heavy atom. The number of benzene rings is 2. The van der Waals surface area contributed by atoms with E-state index in [0.29, 0.717) is 0 Å². The largest absolute Gasteiger partial charge is 0.420 e. The van der Waals surface area contributed by atoms with Crippen molar-refractivity contribution in [3.63, 3.8) is 0 Å². The lowest BCUT2D eigenvalue weighted by atomic mass is 9.54. The molecule has 1 nitrogen and oxygen atoms in total. The summed E-state index contributed by atoms with van der Waals surface area (Å²) in [5.74, 6) is 2.32. The summed E-state index contributed by atoms with van der Waals surface area (Å²) in [5, 5.41) is 3.65. The van der Waals surface area contributed by atoms with Crippen LogP contribution < -0.4 is 10.7 Å². The first-order valence-electron chi connectivity index (χ1n) is 7.39. The van der Waals surface area contributed by atoms with Crippen molar-refractivity contribution in [1.82, 2.24) is 0 Å². The van der Waals surface area contributed by atoms with Gasteiger partial charge < -0.3 is 5.23 Å². The first-order valence-corrected chi connectivity index (χ1v) is 7.39. The Balaban J connectivity index is 1.88. The Morgan fingerprint density at radius 2 is 1.71 bits per heavy atom. The zero-order valence-electron chi connectivity index (χ0n) is 12.0. The van der Waals surface area contributed by atoms with E-state index in [0.717, 1.165) is 0 Å². The van der Waals surface area contributed by atoms with Crippen molar-refractivity contribution in [2.75, 3.05) is 5.23 Å². The van der Waals surface area contributed by atoms with Crippen LogP contribution in [0.15, 0.2) is 72.7 Å². The maximum Gasteiger partial charge on any atom is 0.315 e. The number of hydrogen-bond donors (Lipinski definition) is 1. The number of nitrogens with one attached hydrogen (secondary N) is 1. The second-order valence-corrected chi connectivity index (χ2v) is 5.44. The Labute approximate surface area is 125 Å². The molecule has 0 aliphatic carbocycles. The molecule has 0 radical (unpaired) electrons. The van der Waals surface area contributed by atoms with Crippen molar-refractivity contribution in [3.8, 4) is 11.1 Å². The Kier molecular flexibility index (Phi) is 2.82. The maximum atomic E-state index is 3.65. The van der Waals surface area contributed by atoms with Gasteiger partial charge in [-0.25, -0.2) is 0 Å². The summed E-state index contributed by atoms with van der Waals surface area (Å²) < 4.78 is 0. The smallest absolute Gasteiger partial charge is 0.315 e. The van der Waals surface area contributed by atoms with Crippen LogP contribution in [0.2, 0.25) is 0 Å². The summed E-state index contributed by atoms with van der Waals surface area (Å²) in [6, 6.07) is 15.2. The SMILES string of the molecule is C/C=C\C=C/C1=CB2Nc3ccccc3-c3cccc1c32. The van der Waals surface area contributed by atoms with Crippen molar-refractivity contribution >= 4 is 23.6 Å². The van der Waals surface area contributed by atoms with Gasteiger partial charge in [-0.3, -0.25) is 0 Å². The highest BCUT2D eigenvalue weighted by molar-refractivity contribution is 6.86. The molecule has 2 heteroatoms. The van der Waals surface area contributed by atoms with Gasteiger partial charge in [0.15, 0.2) is 0 Å². The summed E-state index contributed by atoms with van der Waals surface area (Å²) in [5.41, 5.74) is 7.95. The average Bonchev–Trinajstić information content (AvgIpc) is 2.87. The fourth-order valence-corrected chi connectivity index (χ4v) is 3.28. The average molecular weight is 269 g/mol. The molecule has 0 saturated heterocycles. The first kappa shape index (κ1) is 12.3. The summed E-state index contributed by atoms with van der Waals surface area (Å²) in [6.45, 7) is 2.32. The van der Waals surface area contributed by atoms with Crippen LogP contribution in [-0.4, -0.2) is 6.85 Å². The predicted molar refractivity (Wildman–Crippen MR) is 92.8 cm³/mol. The van der Waals surface area contributed by atoms with Gasteiger partial charge >= 0.3 is 6.85 Å². The van der Waals surface area contributed by atoms with Gasteiger partial charge in [-0.05, 0) is 35.2 Å². The lowest BCUT2D eigenvalue weighted by Crippen LogP contribution is -2.40. The molecule has 2 aromatic rings. The van der Waals surface area contributed by atoms with Crippen LogP contribution in [0.5, 0.6) is 0 Å². The van der Waals surface area contributed by atoms with Crippen molar-refractivity contribution < 1.29 is 0 Å². The molecule has 0 amide bonds. The lowest BCUT2D eigenvalue weighted by Gasteiger charge is -2.24. The molecule has 2 aliphatic rings. The van der Waals surface area contributed by atoms with Gasteiger partial charge in [0, 0.05) is 11.3 Å². The molecule has 2 aliphatic heterocycles. The molecule has 0 unspecified atom stereocenters. The van der Waals surface area contributed by atoms with E-state index in [9.17, 15) is 0 Å². The molecule has 0 saturated carbocycles. The second-order valence-electron chi connectivity index (χ2n) is 5.44. The van der Waals surface area contributed by atoms with E-state index < -0.39 is 0 Å². The van der Waals surface area contributed by atoms with E-state index in [1.807, 2.05) is 13.0 Å². The molecule has 0 atom stereocenters. The molecule has 21 heavy (non-hydrogen) atoms. The molecule has 0 aromatic heterocycles. The number of rotatable bonds is 2. The monoisotopic (exact) mass is 269 g/mol. The Bertz CT molecular complexity index is 799. The molecule has 4 rings (SSSR count). The number of para-hydroxylation sites is 1. The summed E-state index contributed by atoms with van der Waals surface area (Å²) in [7, 11) is 0. The fraction of sp³-hybridized carbons (Fsp3) is 0.0526. The predicted octanol–water partition coefficient (Wildman–Crippen LogP) is 4.05. The van der Waals surface area contributed by atoms with Crippen LogP contribution >= 0.6 is 0 Å². The normalized spacial score (nSPS) is 15.1. The molecule has 1 N–H and O–H groups in total. The molecule has 0 bridgehead atoms. The van der Waals surface area contributed by atoms with Crippen molar-refractivity contribution in [2.45, 2.75) is 6.92 Å². The zero-order valence-corrected chi connectivity index (χ0v) is 12.0. The number of fused-ring (bicyclic) bond motifs is 2. The standard InChI is InChI=1S/C19H16BN/c1-2-3-4-8-14-13-20-19-15(14)10-7-11-17(19)16-9-5-6-12-18(16)21-20/h2-13,21H,1H3/b3-2-,8-4-. The third-order valence-corrected chi connectivity index (χ3v) is 4.18. The van der Waals surface area contributed by atoms with Crippen molar-refractivity contribution in [2.24, 2.45) is 0 Å². The molecular formula is C19H16BN. The molecule has 2 heterocycles. The fourth-order valence-electron chi connectivity index (χ4n) is 3.28. The highest BCUT2D eigenvalue weighted by Gasteiger charge is 2.33. The lowest BCUT2D eigenvalue weighted by molar-refractivity contribution is 1.58. The quantitative estimate of drug-likeness (QED) is 0.640. The summed E-state index contributed by atoms with van der Waals surface area (Å²) >= 11 is 0. The molecule has 2 aromatic carbocycles. The van der Waals surface area contributed by atoms with E-state index in [-0.39, 0.29) is 6.85 Å². The van der Waals surface area contributed by atoms with Crippen molar-refractivity contribution in [3.05, 3.63) is 78.3 Å². The van der Waals surface area contributed by atoms with Crippen LogP contribution in [0.25, 0.3) is 16.7 Å². The Morgan fingerprint density at radius 3 is 2.62 bits per heavy atom. The molecule has 0 fully saturated rings. The van der Waals surface area contributed by atoms with Crippen LogP contribution in [0.3, 0.4) is 0 Å². The highest BCUT2D eigenvalue weighted by Crippen LogP contribution is 2.36. The Hall–Kier alpha value is -2.48. The zero-order chi connectivity index (χ0) is 14.2. The van der Waals surface area contributed by atoms with Gasteiger partial charge in [-0.1, -0.05) is 66.7 Å². The van der Waals surface area contributed by atoms with Gasteiger partial charge in [-0.2, -0.15) is 0 Å². The van der Waals surface area contributed by atoms with Crippen LogP contribution in [0, 0.1) is 0 Å². The minimum atomic E-state index is 0.288. The number of anilines is 1. The van der Waals surface area contributed by atoms with Gasteiger partial charge in [0.1, 0.15) is 0 Å². The van der Waals surface area contributed by atoms with Crippen LogP contribution in [0.1, 0.15) is 12.5 Å². The minimum absolute atomic E-state index is 0.288. The third-order valence-electron chi connectivity index (χ3n) is 4.18. The maximum absolute atomic E-state index is 3.65. The number of allylic oxidation sites excluding steroid dienone is 5. The van der Waals surface area contributed by atoms with Crippen LogP contribution in [0.4, 0.5) is 5.69 Å². The third kappa shape index (κ3) is 1.87. The topological polar surface area (TPSA) is 12.0 Å². The van der Waals surface area contributed by atoms with E-state index in [1.165, 1.54) is 33.4 Å². The highest BCUT2D eigenvalue weighted by atomic mass is 14.8. The summed E-state index contributed by atoms with van der Waals surface area (Å²) in [4.78, 5) is 0. The van der Waals surface area contributed by atoms with Gasteiger partial charge in [0.25, 0.3) is 0 Å². The molecule has 0 spiro atoms. The van der Waals surface area contributed by atoms with E-state index in [2.05, 4.69) is 71.9 Å². The minimum Gasteiger partial charge on any atom is -0.420 e. The first-order chi connectivity index (χ1) is 10.4. The van der Waals surface area contributed by atoms with Gasteiger partial charge in [-0.15, -0.1) is 0 Å². The van der Waals surface area contributed by atoms with E-state index in [4.69, 9.17) is 0 Å². The van der Waals surface area contributed by atoms with Crippen molar-refractivity contribution in [1.29, 1.82) is 0 Å². The van der Waals surface area contributed by atoms with Crippen LogP contribution in [-0.2, 0) is 0 Å². The number of hydrogen-bond acceptors (Lipinski definition) is 1. The van der Waals surface area contributed by atoms with Gasteiger partial charge in [0.2, 0.25) is 0 Å². The summed E-state index contributed by atoms with van der Waals surface area (Å²) in [6.07, 6.45) is 8.42. The van der Waals surface area contributed by atoms with Gasteiger partial charge in [0.05, 0.1) is 0 Å². The molecule has 100 valence electrons. The van der Waals surface area contributed by atoms with E-state index in [1.54, 1.807) is 0 Å².